The summed E-state index contributed by atoms with van der Waals surface area (Å²) in [4.78, 5) is 15.9. The second-order valence-electron chi connectivity index (χ2n) is 4.29. The molecule has 1 N–H and O–H groups in total. The number of amides is 1. The van der Waals surface area contributed by atoms with Gasteiger partial charge in [0.25, 0.3) is 5.91 Å². The van der Waals surface area contributed by atoms with Crippen molar-refractivity contribution in [2.24, 2.45) is 0 Å². The zero-order valence-corrected chi connectivity index (χ0v) is 10.8. The summed E-state index contributed by atoms with van der Waals surface area (Å²) in [5, 5.41) is 11.6. The molecule has 0 aliphatic rings. The van der Waals surface area contributed by atoms with Crippen molar-refractivity contribution in [3.8, 4) is 6.07 Å². The molecule has 0 saturated heterocycles. The van der Waals surface area contributed by atoms with E-state index in [9.17, 15) is 4.79 Å². The fourth-order valence-corrected chi connectivity index (χ4v) is 1.66. The molecule has 0 bridgehead atoms. The van der Waals surface area contributed by atoms with Crippen LogP contribution in [0, 0.1) is 25.2 Å². The minimum absolute atomic E-state index is 0.229. The van der Waals surface area contributed by atoms with Crippen LogP contribution in [0.5, 0.6) is 0 Å². The van der Waals surface area contributed by atoms with Crippen LogP contribution in [0.15, 0.2) is 36.5 Å². The van der Waals surface area contributed by atoms with Crippen molar-refractivity contribution in [1.29, 1.82) is 5.26 Å². The number of pyridine rings is 1. The third-order valence-electron chi connectivity index (χ3n) is 2.90. The smallest absolute Gasteiger partial charge is 0.255 e. The number of hydrogen-bond donors (Lipinski definition) is 1. The number of hydrogen-bond acceptors (Lipinski definition) is 3. The molecule has 0 unspecified atom stereocenters. The SMILES string of the molecule is Cc1ccc(NC(=O)c2ccnc(C#N)c2)cc1C. The average molecular weight is 251 g/mol. The van der Waals surface area contributed by atoms with Crippen molar-refractivity contribution >= 4 is 11.6 Å². The van der Waals surface area contributed by atoms with Gasteiger partial charge in [-0.05, 0) is 49.2 Å². The van der Waals surface area contributed by atoms with Gasteiger partial charge in [-0.25, -0.2) is 4.98 Å². The van der Waals surface area contributed by atoms with E-state index in [1.165, 1.54) is 17.8 Å². The molecular weight excluding hydrogens is 238 g/mol. The second-order valence-corrected chi connectivity index (χ2v) is 4.29. The van der Waals surface area contributed by atoms with Crippen molar-refractivity contribution in [1.82, 2.24) is 4.98 Å². The van der Waals surface area contributed by atoms with E-state index in [1.54, 1.807) is 6.07 Å². The van der Waals surface area contributed by atoms with Gasteiger partial charge in [0.15, 0.2) is 0 Å². The highest BCUT2D eigenvalue weighted by Gasteiger charge is 2.07. The topological polar surface area (TPSA) is 65.8 Å². The van der Waals surface area contributed by atoms with E-state index in [1.807, 2.05) is 38.1 Å². The lowest BCUT2D eigenvalue weighted by atomic mass is 10.1. The molecule has 0 atom stereocenters. The quantitative estimate of drug-likeness (QED) is 0.892. The molecule has 0 aliphatic heterocycles. The number of nitrogens with zero attached hydrogens (tertiary/aromatic N) is 2. The summed E-state index contributed by atoms with van der Waals surface area (Å²) in [5.41, 5.74) is 3.68. The van der Waals surface area contributed by atoms with Crippen LogP contribution in [0.4, 0.5) is 5.69 Å². The lowest BCUT2D eigenvalue weighted by Crippen LogP contribution is -2.12. The van der Waals surface area contributed by atoms with Crippen molar-refractivity contribution in [2.75, 3.05) is 5.32 Å². The van der Waals surface area contributed by atoms with Crippen molar-refractivity contribution in [3.63, 3.8) is 0 Å². The van der Waals surface area contributed by atoms with E-state index in [4.69, 9.17) is 5.26 Å². The number of rotatable bonds is 2. The standard InChI is InChI=1S/C15H13N3O/c1-10-3-4-13(7-11(10)2)18-15(19)12-5-6-17-14(8-12)9-16/h3-8H,1-2H3,(H,18,19). The summed E-state index contributed by atoms with van der Waals surface area (Å²) in [5.74, 6) is -0.248. The highest BCUT2D eigenvalue weighted by atomic mass is 16.1. The lowest BCUT2D eigenvalue weighted by Gasteiger charge is -2.07. The summed E-state index contributed by atoms with van der Waals surface area (Å²) < 4.78 is 0. The third-order valence-corrected chi connectivity index (χ3v) is 2.90. The largest absolute Gasteiger partial charge is 0.322 e. The van der Waals surface area contributed by atoms with Crippen molar-refractivity contribution in [3.05, 3.63) is 58.9 Å². The van der Waals surface area contributed by atoms with E-state index in [-0.39, 0.29) is 11.6 Å². The van der Waals surface area contributed by atoms with Crippen LogP contribution in [-0.4, -0.2) is 10.9 Å². The van der Waals surface area contributed by atoms with Gasteiger partial charge in [-0.1, -0.05) is 6.07 Å². The molecule has 2 rings (SSSR count). The molecule has 0 aliphatic carbocycles. The predicted octanol–water partition coefficient (Wildman–Crippen LogP) is 2.82. The maximum Gasteiger partial charge on any atom is 0.255 e. The summed E-state index contributed by atoms with van der Waals surface area (Å²) in [6.45, 7) is 4.01. The molecule has 19 heavy (non-hydrogen) atoms. The fraction of sp³-hybridized carbons (Fsp3) is 0.133. The molecule has 0 radical (unpaired) electrons. The molecule has 1 aromatic carbocycles. The first-order valence-electron chi connectivity index (χ1n) is 5.85. The van der Waals surface area contributed by atoms with Crippen LogP contribution in [0.1, 0.15) is 27.2 Å². The number of carbonyl (C=O) groups is 1. The van der Waals surface area contributed by atoms with Gasteiger partial charge in [-0.15, -0.1) is 0 Å². The van der Waals surface area contributed by atoms with Crippen LogP contribution in [-0.2, 0) is 0 Å². The molecule has 0 fully saturated rings. The maximum atomic E-state index is 12.0. The minimum Gasteiger partial charge on any atom is -0.322 e. The highest BCUT2D eigenvalue weighted by Crippen LogP contribution is 2.15. The van der Waals surface area contributed by atoms with E-state index in [0.29, 0.717) is 5.56 Å². The van der Waals surface area contributed by atoms with Crippen molar-refractivity contribution in [2.45, 2.75) is 13.8 Å². The first-order chi connectivity index (χ1) is 9.10. The predicted molar refractivity (Wildman–Crippen MR) is 72.8 cm³/mol. The van der Waals surface area contributed by atoms with Crippen LogP contribution in [0.3, 0.4) is 0 Å². The van der Waals surface area contributed by atoms with Crippen LogP contribution >= 0.6 is 0 Å². The van der Waals surface area contributed by atoms with Gasteiger partial charge >= 0.3 is 0 Å². The number of nitriles is 1. The van der Waals surface area contributed by atoms with E-state index >= 15 is 0 Å². The maximum absolute atomic E-state index is 12.0. The number of carbonyl (C=O) groups excluding carboxylic acids is 1. The third kappa shape index (κ3) is 2.96. The van der Waals surface area contributed by atoms with Crippen LogP contribution in [0.2, 0.25) is 0 Å². The Morgan fingerprint density at radius 1 is 1.21 bits per heavy atom. The second kappa shape index (κ2) is 5.32. The van der Waals surface area contributed by atoms with Gasteiger partial charge < -0.3 is 5.32 Å². The Morgan fingerprint density at radius 2 is 2.00 bits per heavy atom. The van der Waals surface area contributed by atoms with Crippen LogP contribution < -0.4 is 5.32 Å². The average Bonchev–Trinajstić information content (AvgIpc) is 2.43. The monoisotopic (exact) mass is 251 g/mol. The number of benzene rings is 1. The van der Waals surface area contributed by atoms with Crippen molar-refractivity contribution < 1.29 is 4.79 Å². The Bertz CT molecular complexity index is 671. The van der Waals surface area contributed by atoms with Gasteiger partial charge in [0.1, 0.15) is 11.8 Å². The van der Waals surface area contributed by atoms with Gasteiger partial charge in [0.05, 0.1) is 0 Å². The Morgan fingerprint density at radius 3 is 2.68 bits per heavy atom. The first-order valence-corrected chi connectivity index (χ1v) is 5.85. The molecule has 1 heterocycles. The minimum atomic E-state index is -0.248. The van der Waals surface area contributed by atoms with E-state index in [2.05, 4.69) is 10.3 Å². The number of nitrogens with one attached hydrogen (secondary N) is 1. The molecule has 0 saturated carbocycles. The lowest BCUT2D eigenvalue weighted by molar-refractivity contribution is 0.102. The summed E-state index contributed by atoms with van der Waals surface area (Å²) in [6, 6.07) is 10.7. The summed E-state index contributed by atoms with van der Waals surface area (Å²) >= 11 is 0. The zero-order chi connectivity index (χ0) is 13.8. The molecule has 0 spiro atoms. The zero-order valence-electron chi connectivity index (χ0n) is 10.8. The number of anilines is 1. The fourth-order valence-electron chi connectivity index (χ4n) is 1.66. The Hall–Kier alpha value is -2.67. The molecule has 4 heteroatoms. The van der Waals surface area contributed by atoms with Gasteiger partial charge in [0.2, 0.25) is 0 Å². The highest BCUT2D eigenvalue weighted by molar-refractivity contribution is 6.04. The molecule has 94 valence electrons. The summed E-state index contributed by atoms with van der Waals surface area (Å²) in [7, 11) is 0. The normalized spacial score (nSPS) is 9.74. The first kappa shape index (κ1) is 12.8. The molecule has 1 amide bonds. The van der Waals surface area contributed by atoms with Gasteiger partial charge in [-0.2, -0.15) is 5.26 Å². The number of aromatic nitrogens is 1. The van der Waals surface area contributed by atoms with E-state index in [0.717, 1.165) is 11.3 Å². The molecule has 4 nitrogen and oxygen atoms in total. The Kier molecular flexibility index (Phi) is 3.58. The molecular formula is C15H13N3O. The summed E-state index contributed by atoms with van der Waals surface area (Å²) in [6.07, 6.45) is 1.45. The van der Waals surface area contributed by atoms with Gasteiger partial charge in [0, 0.05) is 17.4 Å². The Balaban J connectivity index is 2.21. The number of aryl methyl sites for hydroxylation is 2. The Labute approximate surface area is 111 Å². The molecule has 1 aromatic heterocycles. The van der Waals surface area contributed by atoms with E-state index < -0.39 is 0 Å². The molecule has 2 aromatic rings. The van der Waals surface area contributed by atoms with Crippen LogP contribution in [0.25, 0.3) is 0 Å². The van der Waals surface area contributed by atoms with Gasteiger partial charge in [-0.3, -0.25) is 4.79 Å².